The minimum atomic E-state index is -0.810. The average molecular weight is 728 g/mol. The van der Waals surface area contributed by atoms with Crippen LogP contribution in [-0.4, -0.2) is 98.0 Å². The van der Waals surface area contributed by atoms with Gasteiger partial charge in [-0.05, 0) is 85.9 Å². The van der Waals surface area contributed by atoms with Crippen molar-refractivity contribution in [3.63, 3.8) is 0 Å². The molecule has 1 aliphatic heterocycles. The highest BCUT2D eigenvalue weighted by molar-refractivity contribution is 8.00. The predicted octanol–water partition coefficient (Wildman–Crippen LogP) is 5.71. The molecule has 0 unspecified atom stereocenters. The summed E-state index contributed by atoms with van der Waals surface area (Å²) in [6.45, 7) is 8.14. The van der Waals surface area contributed by atoms with E-state index in [0.29, 0.717) is 53.4 Å². The van der Waals surface area contributed by atoms with E-state index in [2.05, 4.69) is 59.4 Å². The summed E-state index contributed by atoms with van der Waals surface area (Å²) in [7, 11) is 9.64. The lowest BCUT2D eigenvalue weighted by atomic mass is 9.45. The van der Waals surface area contributed by atoms with Crippen LogP contribution in [-0.2, 0) is 17.8 Å². The monoisotopic (exact) mass is 727 g/mol. The molecule has 2 bridgehead atoms. The minimum Gasteiger partial charge on any atom is -0.496 e. The molecule has 0 aromatic heterocycles. The number of hydrogen-bond acceptors (Lipinski definition) is 8. The highest BCUT2D eigenvalue weighted by Gasteiger charge is 2.56. The van der Waals surface area contributed by atoms with Crippen molar-refractivity contribution >= 4 is 29.3 Å². The lowest BCUT2D eigenvalue weighted by Gasteiger charge is -2.62. The maximum atomic E-state index is 13.9. The van der Waals surface area contributed by atoms with Gasteiger partial charge in [-0.2, -0.15) is 0 Å². The Morgan fingerprint density at radius 3 is 2.44 bits per heavy atom. The Bertz CT molecular complexity index is 1730. The molecule has 1 heterocycles. The van der Waals surface area contributed by atoms with E-state index in [1.165, 1.54) is 23.7 Å². The Morgan fingerprint density at radius 1 is 1.04 bits per heavy atom. The number of methoxy groups -OCH3 is 1. The Hall–Kier alpha value is -3.57. The maximum Gasteiger partial charge on any atom is 0.251 e. The number of ether oxygens (including phenoxy) is 1. The van der Waals surface area contributed by atoms with Gasteiger partial charge in [0.2, 0.25) is 5.91 Å². The molecule has 4 aliphatic rings. The number of fused-ring (bicyclic) bond motifs is 2. The number of carbonyl (C=O) groups excluding carboxylic acids is 2. The largest absolute Gasteiger partial charge is 0.496 e. The number of para-hydroxylation sites is 1. The number of nitrogens with zero attached hydrogens (tertiary/aromatic N) is 3. The number of aliphatic hydroxyl groups excluding tert-OH is 1. The van der Waals surface area contributed by atoms with E-state index in [4.69, 9.17) is 4.74 Å². The molecule has 52 heavy (non-hydrogen) atoms. The van der Waals surface area contributed by atoms with Gasteiger partial charge in [0.05, 0.1) is 7.11 Å². The Morgan fingerprint density at radius 2 is 1.79 bits per heavy atom. The summed E-state index contributed by atoms with van der Waals surface area (Å²) in [5.74, 6) is 2.65. The van der Waals surface area contributed by atoms with Crippen LogP contribution in [0.4, 0.5) is 5.69 Å². The van der Waals surface area contributed by atoms with Gasteiger partial charge in [-0.3, -0.25) is 14.5 Å². The van der Waals surface area contributed by atoms with Crippen molar-refractivity contribution in [2.75, 3.05) is 52.6 Å². The van der Waals surface area contributed by atoms with E-state index in [0.717, 1.165) is 35.2 Å². The van der Waals surface area contributed by atoms with Crippen LogP contribution in [0.2, 0.25) is 0 Å². The molecule has 9 nitrogen and oxygen atoms in total. The lowest BCUT2D eigenvalue weighted by molar-refractivity contribution is -0.138. The summed E-state index contributed by atoms with van der Waals surface area (Å²) in [4.78, 5) is 33.9. The summed E-state index contributed by atoms with van der Waals surface area (Å²) in [6.07, 6.45) is 2.97. The molecule has 3 aliphatic carbocycles. The second kappa shape index (κ2) is 15.8. The first-order chi connectivity index (χ1) is 24.8. The van der Waals surface area contributed by atoms with Crippen molar-refractivity contribution in [2.45, 2.75) is 70.1 Å². The summed E-state index contributed by atoms with van der Waals surface area (Å²) < 4.78 is 6.09. The molecule has 0 radical (unpaired) electrons. The van der Waals surface area contributed by atoms with Gasteiger partial charge in [0.15, 0.2) is 0 Å². The molecule has 7 rings (SSSR count). The van der Waals surface area contributed by atoms with E-state index in [1.807, 2.05) is 81.6 Å². The Labute approximate surface area is 314 Å². The third-order valence-corrected chi connectivity index (χ3v) is 13.0. The van der Waals surface area contributed by atoms with Gasteiger partial charge >= 0.3 is 0 Å². The Kier molecular flexibility index (Phi) is 11.6. The van der Waals surface area contributed by atoms with Gasteiger partial charge in [0.25, 0.3) is 5.91 Å². The van der Waals surface area contributed by atoms with Crippen LogP contribution in [0, 0.1) is 23.2 Å². The fourth-order valence-corrected chi connectivity index (χ4v) is 9.97. The smallest absolute Gasteiger partial charge is 0.251 e. The molecule has 3 saturated carbocycles. The van der Waals surface area contributed by atoms with Crippen molar-refractivity contribution in [3.05, 3.63) is 83.4 Å². The lowest BCUT2D eigenvalue weighted by Crippen LogP contribution is -2.62. The zero-order chi connectivity index (χ0) is 37.3. The van der Waals surface area contributed by atoms with E-state index in [1.54, 1.807) is 7.11 Å². The topological polar surface area (TPSA) is 97.4 Å². The zero-order valence-electron chi connectivity index (χ0n) is 32.1. The third kappa shape index (κ3) is 8.00. The summed E-state index contributed by atoms with van der Waals surface area (Å²) >= 11 is 1.39. The average Bonchev–Trinajstić information content (AvgIpc) is 3.47. The van der Waals surface area contributed by atoms with Gasteiger partial charge in [-0.15, -0.1) is 11.8 Å². The number of likely N-dealkylation sites (N-methyl/N-ethyl adjacent to an activating group) is 1. The fraction of sp³-hybridized carbons (Fsp3) is 0.524. The van der Waals surface area contributed by atoms with Crippen LogP contribution in [0.3, 0.4) is 0 Å². The summed E-state index contributed by atoms with van der Waals surface area (Å²) in [5.41, 5.74) is 4.80. The van der Waals surface area contributed by atoms with Crippen molar-refractivity contribution in [2.24, 2.45) is 23.2 Å². The number of carbonyl (C=O) groups is 2. The standard InChI is InChI=1S/C42H57N5O4S/c1-26-35-21-31(42(35,2)3)22-36(26)44-40(49)37-41(50)52-25-47(37)23-28-15-12-16-34(38(28)51-8)29-18-30(20-33(19-29)46(6)7)39(48)43-32(24-45(4)5)17-27-13-10-9-11-14-27/h9-16,18-20,26,31-32,35-37,41,50H,17,21-25H2,1-8H3,(H,43,48)(H,44,49)/t26-,31-,32-,35-,36-,37+,41-/m0/s1. The predicted molar refractivity (Wildman–Crippen MR) is 212 cm³/mol. The molecule has 2 amide bonds. The molecule has 3 N–H and O–H groups in total. The number of thioether (sulfide) groups is 1. The first kappa shape index (κ1) is 38.2. The van der Waals surface area contributed by atoms with Crippen molar-refractivity contribution in [3.8, 4) is 16.9 Å². The van der Waals surface area contributed by atoms with Gasteiger partial charge in [0, 0.05) is 67.5 Å². The van der Waals surface area contributed by atoms with Crippen molar-refractivity contribution < 1.29 is 19.4 Å². The third-order valence-electron chi connectivity index (χ3n) is 12.0. The van der Waals surface area contributed by atoms with Gasteiger partial charge in [-0.1, -0.05) is 69.3 Å². The second-order valence-electron chi connectivity index (χ2n) is 16.2. The SMILES string of the molecule is COc1c(CN2CS[C@H](O)[C@H]2C(=O)N[C@H]2C[C@@H]3C[C@@H]([C@@H]2C)C3(C)C)cccc1-c1cc(C(=O)N[C@@H](Cc2ccccc2)CN(C)C)cc(N(C)C)c1. The second-order valence-corrected chi connectivity index (χ2v) is 17.3. The first-order valence-corrected chi connectivity index (χ1v) is 19.6. The minimum absolute atomic E-state index is 0.0769. The van der Waals surface area contributed by atoms with Gasteiger partial charge in [-0.25, -0.2) is 0 Å². The number of rotatable bonds is 13. The molecule has 280 valence electrons. The van der Waals surface area contributed by atoms with E-state index >= 15 is 0 Å². The van der Waals surface area contributed by atoms with Crippen LogP contribution in [0.1, 0.15) is 55.1 Å². The molecule has 3 aromatic rings. The molecule has 1 saturated heterocycles. The number of hydrogen-bond donors (Lipinski definition) is 3. The molecule has 4 fully saturated rings. The van der Waals surface area contributed by atoms with Crippen molar-refractivity contribution in [1.82, 2.24) is 20.4 Å². The number of aliphatic hydroxyl groups is 1. The highest BCUT2D eigenvalue weighted by atomic mass is 32.2. The first-order valence-electron chi connectivity index (χ1n) is 18.6. The number of amides is 2. The van der Waals surface area contributed by atoms with E-state index in [9.17, 15) is 14.7 Å². The number of nitrogens with one attached hydrogen (secondary N) is 2. The molecular formula is C42H57N5O4S. The Balaban J connectivity index is 1.23. The van der Waals surface area contributed by atoms with Crippen LogP contribution < -0.4 is 20.3 Å². The maximum absolute atomic E-state index is 13.9. The number of anilines is 1. The van der Waals surface area contributed by atoms with Crippen LogP contribution in [0.5, 0.6) is 5.75 Å². The van der Waals surface area contributed by atoms with Gasteiger partial charge < -0.3 is 30.3 Å². The molecule has 3 aromatic carbocycles. The molecular weight excluding hydrogens is 671 g/mol. The zero-order valence-corrected chi connectivity index (χ0v) is 32.9. The molecule has 0 spiro atoms. The fourth-order valence-electron chi connectivity index (χ4n) is 8.89. The normalized spacial score (nSPS) is 25.7. The quantitative estimate of drug-likeness (QED) is 0.206. The van der Waals surface area contributed by atoms with Gasteiger partial charge in [0.1, 0.15) is 17.2 Å². The van der Waals surface area contributed by atoms with E-state index in [-0.39, 0.29) is 23.9 Å². The van der Waals surface area contributed by atoms with Crippen LogP contribution >= 0.6 is 11.8 Å². The number of benzene rings is 3. The van der Waals surface area contributed by atoms with Crippen LogP contribution in [0.15, 0.2) is 66.7 Å². The van der Waals surface area contributed by atoms with Crippen LogP contribution in [0.25, 0.3) is 11.1 Å². The van der Waals surface area contributed by atoms with Crippen molar-refractivity contribution in [1.29, 1.82) is 0 Å². The highest BCUT2D eigenvalue weighted by Crippen LogP contribution is 2.61. The van der Waals surface area contributed by atoms with E-state index < -0.39 is 11.5 Å². The summed E-state index contributed by atoms with van der Waals surface area (Å²) in [5, 5.41) is 17.7. The summed E-state index contributed by atoms with van der Waals surface area (Å²) in [6, 6.07) is 21.6. The molecule has 7 atom stereocenters. The molecule has 10 heteroatoms.